The Morgan fingerprint density at radius 3 is 2.77 bits per heavy atom. The van der Waals surface area contributed by atoms with Crippen LogP contribution in [0.4, 0.5) is 0 Å². The van der Waals surface area contributed by atoms with Gasteiger partial charge in [0.05, 0.1) is 11.5 Å². The van der Waals surface area contributed by atoms with Crippen LogP contribution in [0.15, 0.2) is 22.9 Å². The number of methoxy groups -OCH3 is 1. The van der Waals surface area contributed by atoms with Crippen molar-refractivity contribution in [3.8, 4) is 9.88 Å². The highest BCUT2D eigenvalue weighted by molar-refractivity contribution is 7.20. The van der Waals surface area contributed by atoms with Crippen molar-refractivity contribution in [2.75, 3.05) is 33.4 Å². The van der Waals surface area contributed by atoms with Crippen LogP contribution in [0.1, 0.15) is 10.5 Å². The number of carbonyl (C=O) groups excluding carboxylic acids is 1. The topological polar surface area (TPSA) is 63.2 Å². The van der Waals surface area contributed by atoms with Crippen LogP contribution in [-0.4, -0.2) is 44.2 Å². The number of amides is 1. The van der Waals surface area contributed by atoms with Crippen molar-refractivity contribution in [1.29, 1.82) is 0 Å². The second kappa shape index (κ2) is 11.8. The maximum Gasteiger partial charge on any atom is 0.270 e. The van der Waals surface area contributed by atoms with Crippen LogP contribution >= 0.6 is 47.5 Å². The van der Waals surface area contributed by atoms with Crippen LogP contribution in [0.5, 0.6) is 0 Å². The van der Waals surface area contributed by atoms with E-state index in [0.29, 0.717) is 18.8 Å². The first-order chi connectivity index (χ1) is 9.81. The molecular weight excluding hydrogens is 365 g/mol. The molecule has 0 aliphatic heterocycles. The van der Waals surface area contributed by atoms with Gasteiger partial charge in [0.15, 0.2) is 0 Å². The first kappa shape index (κ1) is 21.3. The number of hydrogen-bond acceptors (Lipinski definition) is 6. The Balaban J connectivity index is 0.00000220. The third-order valence-corrected chi connectivity index (χ3v) is 4.42. The van der Waals surface area contributed by atoms with Crippen molar-refractivity contribution in [1.82, 2.24) is 15.6 Å². The first-order valence-electron chi connectivity index (χ1n) is 6.28. The van der Waals surface area contributed by atoms with Crippen molar-refractivity contribution in [2.45, 2.75) is 0 Å². The van der Waals surface area contributed by atoms with Crippen molar-refractivity contribution in [3.05, 3.63) is 28.6 Å². The van der Waals surface area contributed by atoms with E-state index in [4.69, 9.17) is 4.74 Å². The highest BCUT2D eigenvalue weighted by Crippen LogP contribution is 2.27. The van der Waals surface area contributed by atoms with Gasteiger partial charge in [-0.25, -0.2) is 4.98 Å². The molecule has 2 N–H and O–H groups in total. The molecule has 9 heteroatoms. The highest BCUT2D eigenvalue weighted by Gasteiger charge is 2.11. The third kappa shape index (κ3) is 6.60. The van der Waals surface area contributed by atoms with Crippen molar-refractivity contribution >= 4 is 53.4 Å². The summed E-state index contributed by atoms with van der Waals surface area (Å²) in [4.78, 5) is 17.4. The van der Waals surface area contributed by atoms with E-state index >= 15 is 0 Å². The van der Waals surface area contributed by atoms with E-state index in [1.165, 1.54) is 11.3 Å². The van der Waals surface area contributed by atoms with Crippen LogP contribution in [0.25, 0.3) is 9.88 Å². The number of carbonyl (C=O) groups is 1. The molecule has 2 rings (SSSR count). The summed E-state index contributed by atoms with van der Waals surface area (Å²) in [5, 5.41) is 10.7. The van der Waals surface area contributed by atoms with Gasteiger partial charge < -0.3 is 15.4 Å². The fraction of sp³-hybridized carbons (Fsp3) is 0.385. The van der Waals surface area contributed by atoms with Crippen LogP contribution < -0.4 is 10.6 Å². The van der Waals surface area contributed by atoms with E-state index in [1.807, 2.05) is 17.5 Å². The zero-order valence-electron chi connectivity index (χ0n) is 12.0. The van der Waals surface area contributed by atoms with Gasteiger partial charge in [-0.3, -0.25) is 4.79 Å². The average Bonchev–Trinajstić information content (AvgIpc) is 3.12. The molecule has 2 aromatic rings. The minimum atomic E-state index is -0.127. The molecule has 124 valence electrons. The molecule has 0 atom stereocenters. The lowest BCUT2D eigenvalue weighted by atomic mass is 10.4. The van der Waals surface area contributed by atoms with Crippen LogP contribution in [-0.2, 0) is 4.74 Å². The zero-order valence-corrected chi connectivity index (χ0v) is 15.3. The Kier molecular flexibility index (Phi) is 11.4. The lowest BCUT2D eigenvalue weighted by molar-refractivity contribution is 0.0949. The molecule has 5 nitrogen and oxygen atoms in total. The minimum absolute atomic E-state index is 0. The number of thiazole rings is 1. The molecular formula is C13H19Cl2N3O2S2. The summed E-state index contributed by atoms with van der Waals surface area (Å²) in [5.41, 5.74) is 0.482. The van der Waals surface area contributed by atoms with Gasteiger partial charge in [-0.15, -0.1) is 47.5 Å². The Morgan fingerprint density at radius 1 is 1.27 bits per heavy atom. The molecule has 0 fully saturated rings. The molecule has 0 aromatic carbocycles. The van der Waals surface area contributed by atoms with Gasteiger partial charge in [0, 0.05) is 32.1 Å². The van der Waals surface area contributed by atoms with Crippen LogP contribution in [0.3, 0.4) is 0 Å². The smallest absolute Gasteiger partial charge is 0.270 e. The summed E-state index contributed by atoms with van der Waals surface area (Å²) in [6.07, 6.45) is 0. The van der Waals surface area contributed by atoms with E-state index in [-0.39, 0.29) is 30.7 Å². The van der Waals surface area contributed by atoms with Crippen LogP contribution in [0, 0.1) is 0 Å². The quantitative estimate of drug-likeness (QED) is 0.687. The number of rotatable bonds is 8. The summed E-state index contributed by atoms with van der Waals surface area (Å²) in [6.45, 7) is 2.75. The van der Waals surface area contributed by atoms with Gasteiger partial charge in [-0.2, -0.15) is 0 Å². The summed E-state index contributed by atoms with van der Waals surface area (Å²) in [6, 6.07) is 3.98. The minimum Gasteiger partial charge on any atom is -0.383 e. The maximum atomic E-state index is 11.9. The number of aromatic nitrogens is 1. The molecule has 0 aliphatic carbocycles. The molecule has 0 unspecified atom stereocenters. The molecule has 0 spiro atoms. The molecule has 2 heterocycles. The SMILES string of the molecule is COCCNCCNC(=O)c1csc(-c2cccs2)n1.Cl.Cl. The maximum absolute atomic E-state index is 11.9. The lowest BCUT2D eigenvalue weighted by Crippen LogP contribution is -2.33. The summed E-state index contributed by atoms with van der Waals surface area (Å²) < 4.78 is 4.92. The fourth-order valence-electron chi connectivity index (χ4n) is 1.55. The summed E-state index contributed by atoms with van der Waals surface area (Å²) in [5.74, 6) is -0.127. The number of halogens is 2. The summed E-state index contributed by atoms with van der Waals surface area (Å²) >= 11 is 3.12. The van der Waals surface area contributed by atoms with Crippen LogP contribution in [0.2, 0.25) is 0 Å². The van der Waals surface area contributed by atoms with E-state index in [9.17, 15) is 4.79 Å². The standard InChI is InChI=1S/C13H17N3O2S2.2ClH/c1-18-7-6-14-4-5-15-12(17)10-9-20-13(16-10)11-3-2-8-19-11;;/h2-3,8-9,14H,4-7H2,1H3,(H,15,17);2*1H. The Bertz CT molecular complexity index is 535. The first-order valence-corrected chi connectivity index (χ1v) is 8.04. The Hall–Kier alpha value is -0.700. The van der Waals surface area contributed by atoms with Crippen molar-refractivity contribution < 1.29 is 9.53 Å². The van der Waals surface area contributed by atoms with Gasteiger partial charge in [-0.1, -0.05) is 6.07 Å². The molecule has 0 aliphatic rings. The number of nitrogens with one attached hydrogen (secondary N) is 2. The molecule has 22 heavy (non-hydrogen) atoms. The number of thiophene rings is 1. The fourth-order valence-corrected chi connectivity index (χ4v) is 3.16. The highest BCUT2D eigenvalue weighted by atomic mass is 35.5. The Labute approximate surface area is 150 Å². The van der Waals surface area contributed by atoms with Gasteiger partial charge in [-0.05, 0) is 11.4 Å². The monoisotopic (exact) mass is 383 g/mol. The number of nitrogens with zero attached hydrogens (tertiary/aromatic N) is 1. The van der Waals surface area contributed by atoms with Crippen molar-refractivity contribution in [3.63, 3.8) is 0 Å². The summed E-state index contributed by atoms with van der Waals surface area (Å²) in [7, 11) is 1.66. The van der Waals surface area contributed by atoms with E-state index in [1.54, 1.807) is 23.8 Å². The second-order valence-corrected chi connectivity index (χ2v) is 5.82. The number of hydrogen-bond donors (Lipinski definition) is 2. The molecule has 0 saturated carbocycles. The third-order valence-electron chi connectivity index (χ3n) is 2.54. The van der Waals surface area contributed by atoms with Gasteiger partial charge in [0.1, 0.15) is 10.7 Å². The molecule has 0 radical (unpaired) electrons. The van der Waals surface area contributed by atoms with E-state index in [0.717, 1.165) is 23.0 Å². The second-order valence-electron chi connectivity index (χ2n) is 4.01. The molecule has 2 aromatic heterocycles. The van der Waals surface area contributed by atoms with E-state index < -0.39 is 0 Å². The van der Waals surface area contributed by atoms with Gasteiger partial charge in [0.25, 0.3) is 5.91 Å². The lowest BCUT2D eigenvalue weighted by Gasteiger charge is -2.04. The Morgan fingerprint density at radius 2 is 2.09 bits per heavy atom. The van der Waals surface area contributed by atoms with Gasteiger partial charge in [0.2, 0.25) is 0 Å². The predicted octanol–water partition coefficient (Wildman–Crippen LogP) is 2.68. The largest absolute Gasteiger partial charge is 0.383 e. The number of ether oxygens (including phenoxy) is 1. The predicted molar refractivity (Wildman–Crippen MR) is 97.0 cm³/mol. The normalized spacial score (nSPS) is 9.68. The van der Waals surface area contributed by atoms with Crippen molar-refractivity contribution in [2.24, 2.45) is 0 Å². The average molecular weight is 384 g/mol. The van der Waals surface area contributed by atoms with Gasteiger partial charge >= 0.3 is 0 Å². The molecule has 1 amide bonds. The zero-order chi connectivity index (χ0) is 14.2. The molecule has 0 bridgehead atoms. The van der Waals surface area contributed by atoms with E-state index in [2.05, 4.69) is 15.6 Å². The molecule has 0 saturated heterocycles.